The Morgan fingerprint density at radius 3 is 2.40 bits per heavy atom. The van der Waals surface area contributed by atoms with Crippen molar-refractivity contribution in [2.45, 2.75) is 97.6 Å². The van der Waals surface area contributed by atoms with Gasteiger partial charge >= 0.3 is 0 Å². The number of hydrogen-bond donors (Lipinski definition) is 2. The lowest BCUT2D eigenvalue weighted by Crippen LogP contribution is -2.40. The van der Waals surface area contributed by atoms with Crippen molar-refractivity contribution in [3.05, 3.63) is 78.0 Å². The maximum Gasteiger partial charge on any atom is 0.265 e. The van der Waals surface area contributed by atoms with Crippen LogP contribution in [0.25, 0.3) is 0 Å². The fourth-order valence-corrected chi connectivity index (χ4v) is 6.35. The Hall–Kier alpha value is -3.13. The lowest BCUT2D eigenvalue weighted by atomic mass is 9.83. The van der Waals surface area contributed by atoms with E-state index in [0.717, 1.165) is 48.5 Å². The second-order valence-electron chi connectivity index (χ2n) is 14.5. The van der Waals surface area contributed by atoms with Crippen molar-refractivity contribution in [1.29, 1.82) is 0 Å². The van der Waals surface area contributed by atoms with E-state index in [0.29, 0.717) is 28.3 Å². The van der Waals surface area contributed by atoms with E-state index in [-0.39, 0.29) is 28.3 Å². The molecule has 2 aliphatic rings. The third-order valence-electron chi connectivity index (χ3n) is 8.48. The molecule has 0 radical (unpaired) electrons. The summed E-state index contributed by atoms with van der Waals surface area (Å²) in [7, 11) is 0. The van der Waals surface area contributed by atoms with Crippen LogP contribution in [0.1, 0.15) is 109 Å². The quantitative estimate of drug-likeness (QED) is 0.354. The number of nitrogens with zero attached hydrogens (tertiary/aromatic N) is 4. The average molecular weight is 589 g/mol. The highest BCUT2D eigenvalue weighted by atomic mass is 32.2. The molecular formula is C34H48N6OS. The molecule has 2 N–H and O–H groups in total. The monoisotopic (exact) mass is 588 g/mol. The summed E-state index contributed by atoms with van der Waals surface area (Å²) < 4.78 is 2.97. The zero-order valence-electron chi connectivity index (χ0n) is 26.8. The van der Waals surface area contributed by atoms with E-state index in [1.807, 2.05) is 18.3 Å². The van der Waals surface area contributed by atoms with Crippen molar-refractivity contribution in [3.8, 4) is 0 Å². The summed E-state index contributed by atoms with van der Waals surface area (Å²) in [5.41, 5.74) is 3.40. The fraction of sp³-hybridized carbons (Fsp3) is 0.529. The molecule has 7 nitrogen and oxygen atoms in total. The van der Waals surface area contributed by atoms with E-state index < -0.39 is 0 Å². The van der Waals surface area contributed by atoms with E-state index in [9.17, 15) is 4.79 Å². The average Bonchev–Trinajstić information content (AvgIpc) is 3.23. The van der Waals surface area contributed by atoms with Crippen LogP contribution in [0.2, 0.25) is 0 Å². The largest absolute Gasteiger partial charge is 0.362 e. The van der Waals surface area contributed by atoms with Crippen LogP contribution in [0.4, 0.5) is 5.82 Å². The predicted octanol–water partition coefficient (Wildman–Crippen LogP) is 7.48. The molecule has 2 aromatic heterocycles. The molecule has 3 atom stereocenters. The van der Waals surface area contributed by atoms with Crippen molar-refractivity contribution >= 4 is 28.7 Å². The van der Waals surface area contributed by atoms with Crippen LogP contribution in [-0.4, -0.2) is 33.0 Å². The van der Waals surface area contributed by atoms with Crippen molar-refractivity contribution in [2.24, 2.45) is 16.8 Å². The molecule has 2 aliphatic heterocycles. The zero-order valence-corrected chi connectivity index (χ0v) is 27.7. The molecule has 0 aromatic carbocycles. The number of aromatic nitrogens is 2. The maximum atomic E-state index is 13.6. The normalized spacial score (nSPS) is 24.8. The van der Waals surface area contributed by atoms with Gasteiger partial charge in [-0.05, 0) is 73.8 Å². The van der Waals surface area contributed by atoms with Gasteiger partial charge in [-0.25, -0.2) is 9.98 Å². The standard InChI is InChI=1S/C34H48N6OS/c1-12-29-37-22(3)36-27(26-15-13-24(19-35-26)32(4,5)6)17-21(2)23-18-34(10,11)40(20-23)30-25(31(41)39-42-29)14-16-28(38-30)33(7,8)9/h12-16,19,21,23,27,36H,1,3,17-18,20H2,2,4-11H3,(H,39,41)/b37-29+. The Labute approximate surface area is 256 Å². The highest BCUT2D eigenvalue weighted by Gasteiger charge is 2.43. The molecule has 1 amide bonds. The summed E-state index contributed by atoms with van der Waals surface area (Å²) in [5, 5.41) is 4.09. The van der Waals surface area contributed by atoms with Crippen molar-refractivity contribution in [2.75, 3.05) is 11.4 Å². The summed E-state index contributed by atoms with van der Waals surface area (Å²) in [6.45, 7) is 28.8. The van der Waals surface area contributed by atoms with Gasteiger partial charge in [0.1, 0.15) is 16.7 Å². The second kappa shape index (κ2) is 11.9. The second-order valence-corrected chi connectivity index (χ2v) is 15.3. The Morgan fingerprint density at radius 2 is 1.81 bits per heavy atom. The van der Waals surface area contributed by atoms with Gasteiger partial charge in [-0.1, -0.05) is 67.7 Å². The zero-order chi connectivity index (χ0) is 31.0. The summed E-state index contributed by atoms with van der Waals surface area (Å²) in [6.07, 6.45) is 5.47. The van der Waals surface area contributed by atoms with Gasteiger partial charge in [0.25, 0.3) is 5.91 Å². The van der Waals surface area contributed by atoms with E-state index in [2.05, 4.69) is 108 Å². The number of carbonyl (C=O) groups excluding carboxylic acids is 1. The van der Waals surface area contributed by atoms with Gasteiger partial charge in [-0.3, -0.25) is 14.5 Å². The minimum Gasteiger partial charge on any atom is -0.362 e. The SMILES string of the molecule is C=C/C1=N\C(=C)NC(c2ccc(C(C)(C)C)cn2)CC(C)C2CN(c3nc(C(C)(C)C)ccc3C(=O)NS1)C(C)(C)C2. The lowest BCUT2D eigenvalue weighted by molar-refractivity contribution is 0.0984. The third-order valence-corrected chi connectivity index (χ3v) is 9.24. The van der Waals surface area contributed by atoms with Gasteiger partial charge in [-0.15, -0.1) is 0 Å². The Balaban J connectivity index is 1.78. The number of amides is 1. The van der Waals surface area contributed by atoms with E-state index >= 15 is 0 Å². The van der Waals surface area contributed by atoms with E-state index in [1.165, 1.54) is 5.56 Å². The molecule has 4 heterocycles. The highest BCUT2D eigenvalue weighted by Crippen LogP contribution is 2.43. The van der Waals surface area contributed by atoms with Gasteiger partial charge in [0.05, 0.1) is 17.3 Å². The van der Waals surface area contributed by atoms with Gasteiger partial charge < -0.3 is 10.2 Å². The summed E-state index contributed by atoms with van der Waals surface area (Å²) >= 11 is 1.13. The van der Waals surface area contributed by atoms with Crippen LogP contribution in [0.5, 0.6) is 0 Å². The highest BCUT2D eigenvalue weighted by molar-refractivity contribution is 8.13. The topological polar surface area (TPSA) is 82.5 Å². The minimum absolute atomic E-state index is 0.0263. The van der Waals surface area contributed by atoms with Crippen molar-refractivity contribution in [3.63, 3.8) is 0 Å². The molecule has 3 unspecified atom stereocenters. The van der Waals surface area contributed by atoms with Crippen LogP contribution in [0.3, 0.4) is 0 Å². The number of nitrogens with one attached hydrogen (secondary N) is 2. The molecule has 0 saturated carbocycles. The number of pyridine rings is 2. The Kier molecular flexibility index (Phi) is 8.98. The molecule has 226 valence electrons. The molecular weight excluding hydrogens is 540 g/mol. The molecule has 2 aromatic rings. The van der Waals surface area contributed by atoms with Crippen LogP contribution in [-0.2, 0) is 10.8 Å². The van der Waals surface area contributed by atoms with E-state index in [4.69, 9.17) is 9.97 Å². The maximum absolute atomic E-state index is 13.6. The molecule has 42 heavy (non-hydrogen) atoms. The first-order valence-electron chi connectivity index (χ1n) is 14.9. The first kappa shape index (κ1) is 31.8. The van der Waals surface area contributed by atoms with Crippen molar-refractivity contribution < 1.29 is 4.79 Å². The van der Waals surface area contributed by atoms with Crippen LogP contribution >= 0.6 is 11.9 Å². The van der Waals surface area contributed by atoms with Gasteiger partial charge in [0.15, 0.2) is 0 Å². The first-order chi connectivity index (χ1) is 19.5. The van der Waals surface area contributed by atoms with Gasteiger partial charge in [0.2, 0.25) is 0 Å². The minimum atomic E-state index is -0.209. The van der Waals surface area contributed by atoms with Crippen LogP contribution in [0, 0.1) is 11.8 Å². The molecule has 0 aliphatic carbocycles. The molecule has 4 rings (SSSR count). The molecule has 8 heteroatoms. The number of rotatable bonds is 2. The molecule has 1 saturated heterocycles. The van der Waals surface area contributed by atoms with Gasteiger partial charge in [0, 0.05) is 41.3 Å². The third kappa shape index (κ3) is 7.08. The summed E-state index contributed by atoms with van der Waals surface area (Å²) in [6, 6.07) is 8.11. The predicted molar refractivity (Wildman–Crippen MR) is 177 cm³/mol. The van der Waals surface area contributed by atoms with Crippen LogP contribution in [0.15, 0.2) is 60.5 Å². The molecule has 1 fully saturated rings. The smallest absolute Gasteiger partial charge is 0.265 e. The van der Waals surface area contributed by atoms with E-state index in [1.54, 1.807) is 6.08 Å². The Morgan fingerprint density at radius 1 is 1.10 bits per heavy atom. The van der Waals surface area contributed by atoms with Gasteiger partial charge in [-0.2, -0.15) is 0 Å². The fourth-order valence-electron chi connectivity index (χ4n) is 5.80. The van der Waals surface area contributed by atoms with Crippen molar-refractivity contribution in [1.82, 2.24) is 20.0 Å². The van der Waals surface area contributed by atoms with Crippen LogP contribution < -0.4 is 14.9 Å². The molecule has 2 bridgehead atoms. The lowest BCUT2D eigenvalue weighted by Gasteiger charge is -2.34. The number of aliphatic imine (C=N–C) groups is 1. The summed E-state index contributed by atoms with van der Waals surface area (Å²) in [4.78, 5) is 30.6. The number of fused-ring (bicyclic) bond motifs is 4. The molecule has 0 spiro atoms. The Bertz CT molecular complexity index is 1370. The first-order valence-corrected chi connectivity index (χ1v) is 15.7. The number of hydrogen-bond acceptors (Lipinski definition) is 7. The number of anilines is 1. The summed E-state index contributed by atoms with van der Waals surface area (Å²) in [5.74, 6) is 1.79. The number of carbonyl (C=O) groups is 1.